The molecule has 0 heterocycles. The molecule has 0 spiro atoms. The molecular weight excluding hydrogens is 554 g/mol. The Morgan fingerprint density at radius 1 is 0.923 bits per heavy atom. The Bertz CT molecular complexity index is 1270. The Labute approximate surface area is 239 Å². The Hall–Kier alpha value is -3.00. The third kappa shape index (κ3) is 6.26. The fourth-order valence-electron chi connectivity index (χ4n) is 5.29. The van der Waals surface area contributed by atoms with Gasteiger partial charge in [0.05, 0.1) is 11.6 Å². The molecule has 0 radical (unpaired) electrons. The van der Waals surface area contributed by atoms with Crippen LogP contribution in [0, 0.1) is 0 Å². The molecule has 0 saturated heterocycles. The number of nitrogens with one attached hydrogen (secondary N) is 2. The van der Waals surface area contributed by atoms with Gasteiger partial charge in [0.15, 0.2) is 0 Å². The Morgan fingerprint density at radius 2 is 1.49 bits per heavy atom. The summed E-state index contributed by atoms with van der Waals surface area (Å²) in [6.45, 7) is 7.84. The number of rotatable bonds is 10. The number of esters is 1. The molecule has 0 fully saturated rings. The molecule has 0 bridgehead atoms. The molecular formula is C32H38BrN3O3. The fraction of sp³-hybridized carbons (Fsp3) is 0.375. The van der Waals surface area contributed by atoms with Crippen molar-refractivity contribution in [2.75, 3.05) is 6.54 Å². The standard InChI is InChI=1S/C32H38BrN3O3/c1-21(29(37)35-28(15-9-10-20-34)30(38)39-31(2,3)4)36-32(22-16-18-23(33)19-17-22)26-13-7-5-11-24(26)25-12-6-8-14-27(25)32/h5-8,11-14,16-19,21,28,36H,9-10,15,20,34H2,1-4H3,(H,35,37)/t21-,28-/m0/s1. The highest BCUT2D eigenvalue weighted by atomic mass is 79.9. The minimum absolute atomic E-state index is 0.267. The van der Waals surface area contributed by atoms with E-state index in [4.69, 9.17) is 10.5 Å². The van der Waals surface area contributed by atoms with E-state index < -0.39 is 29.2 Å². The molecule has 2 atom stereocenters. The van der Waals surface area contributed by atoms with Crippen LogP contribution in [0.2, 0.25) is 0 Å². The van der Waals surface area contributed by atoms with Crippen LogP contribution in [0.1, 0.15) is 63.6 Å². The molecule has 0 aliphatic heterocycles. The molecule has 1 aliphatic carbocycles. The molecule has 4 N–H and O–H groups in total. The van der Waals surface area contributed by atoms with Crippen LogP contribution in [0.25, 0.3) is 11.1 Å². The van der Waals surface area contributed by atoms with Crippen molar-refractivity contribution in [1.29, 1.82) is 0 Å². The number of nitrogens with two attached hydrogens (primary N) is 1. The number of ether oxygens (including phenoxy) is 1. The molecule has 3 aromatic rings. The predicted molar refractivity (Wildman–Crippen MR) is 159 cm³/mol. The maximum absolute atomic E-state index is 13.7. The van der Waals surface area contributed by atoms with Gasteiger partial charge < -0.3 is 15.8 Å². The molecule has 3 aromatic carbocycles. The van der Waals surface area contributed by atoms with Crippen LogP contribution >= 0.6 is 15.9 Å². The van der Waals surface area contributed by atoms with Crippen LogP contribution in [0.5, 0.6) is 0 Å². The monoisotopic (exact) mass is 591 g/mol. The number of carbonyl (C=O) groups excluding carboxylic acids is 2. The highest BCUT2D eigenvalue weighted by Gasteiger charge is 2.46. The smallest absolute Gasteiger partial charge is 0.329 e. The summed E-state index contributed by atoms with van der Waals surface area (Å²) in [4.78, 5) is 26.7. The molecule has 39 heavy (non-hydrogen) atoms. The minimum Gasteiger partial charge on any atom is -0.458 e. The van der Waals surface area contributed by atoms with Crippen molar-refractivity contribution in [2.24, 2.45) is 5.73 Å². The van der Waals surface area contributed by atoms with Gasteiger partial charge in [0.25, 0.3) is 0 Å². The van der Waals surface area contributed by atoms with Crippen LogP contribution < -0.4 is 16.4 Å². The second-order valence-electron chi connectivity index (χ2n) is 11.1. The fourth-order valence-corrected chi connectivity index (χ4v) is 5.55. The summed E-state index contributed by atoms with van der Waals surface area (Å²) in [6, 6.07) is 23.4. The highest BCUT2D eigenvalue weighted by Crippen LogP contribution is 2.51. The van der Waals surface area contributed by atoms with Gasteiger partial charge in [-0.25, -0.2) is 4.79 Å². The van der Waals surface area contributed by atoms with Crippen molar-refractivity contribution >= 4 is 27.8 Å². The number of halogens is 1. The second-order valence-corrected chi connectivity index (χ2v) is 12.0. The zero-order valence-electron chi connectivity index (χ0n) is 23.1. The van der Waals surface area contributed by atoms with E-state index in [-0.39, 0.29) is 5.91 Å². The number of amides is 1. The van der Waals surface area contributed by atoms with E-state index in [0.717, 1.165) is 38.7 Å². The van der Waals surface area contributed by atoms with Crippen molar-refractivity contribution in [3.8, 4) is 11.1 Å². The van der Waals surface area contributed by atoms with Gasteiger partial charge in [-0.15, -0.1) is 0 Å². The van der Waals surface area contributed by atoms with Crippen molar-refractivity contribution in [3.05, 3.63) is 94.0 Å². The largest absolute Gasteiger partial charge is 0.458 e. The normalized spacial score (nSPS) is 15.1. The molecule has 6 nitrogen and oxygen atoms in total. The molecule has 4 rings (SSSR count). The first-order valence-electron chi connectivity index (χ1n) is 13.5. The van der Waals surface area contributed by atoms with Crippen molar-refractivity contribution in [2.45, 2.75) is 70.2 Å². The lowest BCUT2D eigenvalue weighted by Gasteiger charge is -2.37. The Kier molecular flexibility index (Phi) is 8.94. The van der Waals surface area contributed by atoms with Crippen molar-refractivity contribution in [1.82, 2.24) is 10.6 Å². The lowest BCUT2D eigenvalue weighted by Crippen LogP contribution is -2.55. The van der Waals surface area contributed by atoms with E-state index >= 15 is 0 Å². The van der Waals surface area contributed by atoms with Crippen LogP contribution in [-0.4, -0.2) is 36.1 Å². The first kappa shape index (κ1) is 29.0. The molecule has 0 saturated carbocycles. The third-order valence-electron chi connectivity index (χ3n) is 7.01. The van der Waals surface area contributed by atoms with Gasteiger partial charge in [0.2, 0.25) is 5.91 Å². The maximum Gasteiger partial charge on any atom is 0.329 e. The van der Waals surface area contributed by atoms with E-state index in [9.17, 15) is 9.59 Å². The molecule has 7 heteroatoms. The van der Waals surface area contributed by atoms with Gasteiger partial charge in [0, 0.05) is 4.47 Å². The summed E-state index contributed by atoms with van der Waals surface area (Å²) in [6.07, 6.45) is 1.95. The first-order valence-corrected chi connectivity index (χ1v) is 14.3. The molecule has 206 valence electrons. The molecule has 1 aliphatic rings. The van der Waals surface area contributed by atoms with Gasteiger partial charge in [-0.05, 0) is 93.5 Å². The van der Waals surface area contributed by atoms with Crippen molar-refractivity contribution < 1.29 is 14.3 Å². The highest BCUT2D eigenvalue weighted by molar-refractivity contribution is 9.10. The van der Waals surface area contributed by atoms with Crippen LogP contribution in [0.4, 0.5) is 0 Å². The van der Waals surface area contributed by atoms with E-state index in [0.29, 0.717) is 19.4 Å². The number of unbranched alkanes of at least 4 members (excludes halogenated alkanes) is 1. The zero-order chi connectivity index (χ0) is 28.2. The quantitative estimate of drug-likeness (QED) is 0.209. The molecule has 0 aromatic heterocycles. The van der Waals surface area contributed by atoms with E-state index in [1.54, 1.807) is 0 Å². The van der Waals surface area contributed by atoms with Crippen LogP contribution in [0.3, 0.4) is 0 Å². The Morgan fingerprint density at radius 3 is 2.03 bits per heavy atom. The third-order valence-corrected chi connectivity index (χ3v) is 7.54. The van der Waals surface area contributed by atoms with Crippen molar-refractivity contribution in [3.63, 3.8) is 0 Å². The number of fused-ring (bicyclic) bond motifs is 3. The SMILES string of the molecule is C[C@H](NC1(c2ccc(Br)cc2)c2ccccc2-c2ccccc21)C(=O)N[C@@H](CCCCN)C(=O)OC(C)(C)C. The summed E-state index contributed by atoms with van der Waals surface area (Å²) in [5, 5.41) is 6.67. The zero-order valence-corrected chi connectivity index (χ0v) is 24.7. The Balaban J connectivity index is 1.69. The van der Waals surface area contributed by atoms with Gasteiger partial charge >= 0.3 is 5.97 Å². The summed E-state index contributed by atoms with van der Waals surface area (Å²) in [7, 11) is 0. The van der Waals surface area contributed by atoms with Crippen LogP contribution in [-0.2, 0) is 19.9 Å². The number of carbonyl (C=O) groups is 2. The average Bonchev–Trinajstić information content (AvgIpc) is 3.18. The first-order chi connectivity index (χ1) is 18.6. The molecule has 1 amide bonds. The summed E-state index contributed by atoms with van der Waals surface area (Å²) >= 11 is 3.56. The number of hydrogen-bond acceptors (Lipinski definition) is 5. The minimum atomic E-state index is -0.758. The predicted octanol–water partition coefficient (Wildman–Crippen LogP) is 5.66. The van der Waals surface area contributed by atoms with Gasteiger partial charge in [-0.1, -0.05) is 76.6 Å². The van der Waals surface area contributed by atoms with E-state index in [1.807, 2.05) is 64.1 Å². The van der Waals surface area contributed by atoms with Gasteiger partial charge in [-0.3, -0.25) is 10.1 Å². The number of hydrogen-bond donors (Lipinski definition) is 3. The van der Waals surface area contributed by atoms with Gasteiger partial charge in [0.1, 0.15) is 11.6 Å². The lowest BCUT2D eigenvalue weighted by molar-refractivity contribution is -0.159. The summed E-state index contributed by atoms with van der Waals surface area (Å²) in [5.41, 5.74) is 9.71. The van der Waals surface area contributed by atoms with E-state index in [2.05, 4.69) is 63.0 Å². The summed E-state index contributed by atoms with van der Waals surface area (Å²) < 4.78 is 6.60. The molecule has 0 unspecified atom stereocenters. The summed E-state index contributed by atoms with van der Waals surface area (Å²) in [5.74, 6) is -0.698. The van der Waals surface area contributed by atoms with Crippen LogP contribution in [0.15, 0.2) is 77.3 Å². The lowest BCUT2D eigenvalue weighted by atomic mass is 9.80. The van der Waals surface area contributed by atoms with E-state index in [1.165, 1.54) is 0 Å². The number of benzene rings is 3. The topological polar surface area (TPSA) is 93.5 Å². The maximum atomic E-state index is 13.7. The average molecular weight is 593 g/mol. The second kappa shape index (κ2) is 12.0. The van der Waals surface area contributed by atoms with Gasteiger partial charge in [-0.2, -0.15) is 0 Å².